The summed E-state index contributed by atoms with van der Waals surface area (Å²) < 4.78 is 9.63. The van der Waals surface area contributed by atoms with Gasteiger partial charge in [-0.25, -0.2) is 10.9 Å². The van der Waals surface area contributed by atoms with Gasteiger partial charge in [0.1, 0.15) is 12.1 Å². The maximum atomic E-state index is 12.4. The van der Waals surface area contributed by atoms with E-state index in [0.29, 0.717) is 51.9 Å². The van der Waals surface area contributed by atoms with Crippen LogP contribution in [0.15, 0.2) is 60.7 Å². The standard InChI is InChI=1S/C36H51N7O9S3/c1-51-35(49)28(19-26-11-5-3-6-12-26)39-41-32(46)24-54-22-30(44)37-15-9-17-43(34(48)21-53)18-10-16-38-31(45)23-55-25-33(47)42-40-29(36(50)52-2)20-27-13-7-4-8-14-27/h3-8,11-14,28-29,39-40,53H,9-10,15-25H2,1-2H3,(H,37,44)(H,38,45)(H,41,46)(H,42,47)/t28-,29-/m0/s1. The molecule has 5 amide bonds. The average Bonchev–Trinajstić information content (AvgIpc) is 3.20. The van der Waals surface area contributed by atoms with Crippen LogP contribution in [0.5, 0.6) is 0 Å². The van der Waals surface area contributed by atoms with Crippen LogP contribution < -0.4 is 32.3 Å². The number of hydrazine groups is 2. The molecule has 0 spiro atoms. The molecular formula is C36H51N7O9S3. The van der Waals surface area contributed by atoms with E-state index >= 15 is 0 Å². The van der Waals surface area contributed by atoms with Gasteiger partial charge in [-0.3, -0.25) is 44.4 Å². The third-order valence-electron chi connectivity index (χ3n) is 7.58. The highest BCUT2D eigenvalue weighted by atomic mass is 32.2. The third kappa shape index (κ3) is 20.8. The minimum Gasteiger partial charge on any atom is -0.468 e. The summed E-state index contributed by atoms with van der Waals surface area (Å²) in [5, 5.41) is 5.54. The molecule has 0 bridgehead atoms. The van der Waals surface area contributed by atoms with Crippen LogP contribution >= 0.6 is 36.2 Å². The van der Waals surface area contributed by atoms with E-state index < -0.39 is 35.8 Å². The molecule has 0 fully saturated rings. The topological polar surface area (TPSA) is 213 Å². The SMILES string of the molecule is COC(=O)[C@H](Cc1ccccc1)NNC(=O)CSCC(=O)NCCCN(CCCNC(=O)CSCC(=O)NN[C@@H](Cc1ccccc1)C(=O)OC)C(=O)CS. The van der Waals surface area contributed by atoms with Crippen molar-refractivity contribution >= 4 is 77.6 Å². The lowest BCUT2D eigenvalue weighted by Crippen LogP contribution is -2.50. The van der Waals surface area contributed by atoms with Crippen molar-refractivity contribution in [1.29, 1.82) is 0 Å². The minimum absolute atomic E-state index is 0.0130. The summed E-state index contributed by atoms with van der Waals surface area (Å²) in [6, 6.07) is 17.0. The molecule has 55 heavy (non-hydrogen) atoms. The summed E-state index contributed by atoms with van der Waals surface area (Å²) >= 11 is 6.31. The number of carbonyl (C=O) groups is 7. The molecule has 0 unspecified atom stereocenters. The van der Waals surface area contributed by atoms with Crippen LogP contribution in [-0.4, -0.2) is 128 Å². The highest BCUT2D eigenvalue weighted by molar-refractivity contribution is 8.00. The number of methoxy groups -OCH3 is 2. The van der Waals surface area contributed by atoms with Gasteiger partial charge in [-0.15, -0.1) is 23.5 Å². The van der Waals surface area contributed by atoms with Gasteiger partial charge in [0.05, 0.1) is 43.0 Å². The molecular weight excluding hydrogens is 771 g/mol. The van der Waals surface area contributed by atoms with Crippen LogP contribution in [0, 0.1) is 0 Å². The number of carbonyl (C=O) groups excluding carboxylic acids is 7. The maximum absolute atomic E-state index is 12.4. The highest BCUT2D eigenvalue weighted by Crippen LogP contribution is 2.06. The Bertz CT molecular complexity index is 1410. The number of benzene rings is 2. The molecule has 16 nitrogen and oxygen atoms in total. The van der Waals surface area contributed by atoms with Crippen LogP contribution in [0.4, 0.5) is 0 Å². The largest absolute Gasteiger partial charge is 0.468 e. The van der Waals surface area contributed by atoms with Crippen molar-refractivity contribution in [3.63, 3.8) is 0 Å². The van der Waals surface area contributed by atoms with Crippen molar-refractivity contribution in [3.05, 3.63) is 71.8 Å². The molecule has 0 aliphatic heterocycles. The zero-order valence-corrected chi connectivity index (χ0v) is 33.5. The highest BCUT2D eigenvalue weighted by Gasteiger charge is 2.21. The predicted molar refractivity (Wildman–Crippen MR) is 215 cm³/mol. The van der Waals surface area contributed by atoms with Crippen molar-refractivity contribution < 1.29 is 43.0 Å². The van der Waals surface area contributed by atoms with Crippen molar-refractivity contribution in [2.75, 3.05) is 69.2 Å². The molecule has 0 aromatic heterocycles. The predicted octanol–water partition coefficient (Wildman–Crippen LogP) is 0.0340. The molecule has 0 saturated heterocycles. The quantitative estimate of drug-likeness (QED) is 0.0275. The van der Waals surface area contributed by atoms with E-state index in [-0.39, 0.29) is 46.5 Å². The van der Waals surface area contributed by atoms with E-state index in [0.717, 1.165) is 34.7 Å². The molecule has 6 N–H and O–H groups in total. The van der Waals surface area contributed by atoms with E-state index in [4.69, 9.17) is 9.47 Å². The molecule has 0 heterocycles. The van der Waals surface area contributed by atoms with Gasteiger partial charge in [-0.1, -0.05) is 60.7 Å². The summed E-state index contributed by atoms with van der Waals surface area (Å²) in [5.41, 5.74) is 12.2. The first-order chi connectivity index (χ1) is 26.6. The third-order valence-corrected chi connectivity index (χ3v) is 9.72. The number of ether oxygens (including phenoxy) is 2. The lowest BCUT2D eigenvalue weighted by molar-refractivity contribution is -0.144. The van der Waals surface area contributed by atoms with E-state index in [1.807, 2.05) is 60.7 Å². The second-order valence-electron chi connectivity index (χ2n) is 11.8. The second-order valence-corrected chi connectivity index (χ2v) is 14.1. The number of rotatable bonds is 27. The summed E-state index contributed by atoms with van der Waals surface area (Å²) in [7, 11) is 2.54. The molecule has 2 atom stereocenters. The lowest BCUT2D eigenvalue weighted by atomic mass is 10.1. The molecule has 0 aliphatic carbocycles. The summed E-state index contributed by atoms with van der Waals surface area (Å²) in [4.78, 5) is 87.4. The van der Waals surface area contributed by atoms with Gasteiger partial charge in [0.2, 0.25) is 29.5 Å². The molecule has 0 saturated carbocycles. The van der Waals surface area contributed by atoms with Gasteiger partial charge in [0.15, 0.2) is 0 Å². The second kappa shape index (κ2) is 28.2. The van der Waals surface area contributed by atoms with Gasteiger partial charge in [-0.2, -0.15) is 12.6 Å². The lowest BCUT2D eigenvalue weighted by Gasteiger charge is -2.22. The molecule has 2 rings (SSSR count). The van der Waals surface area contributed by atoms with Crippen LogP contribution in [0.1, 0.15) is 24.0 Å². The molecule has 2 aromatic rings. The first kappa shape index (κ1) is 46.9. The Morgan fingerprint density at radius 3 is 1.36 bits per heavy atom. The number of hydrogen-bond acceptors (Lipinski definition) is 14. The Labute approximate surface area is 335 Å². The fraction of sp³-hybridized carbons (Fsp3) is 0.472. The van der Waals surface area contributed by atoms with Gasteiger partial charge in [0.25, 0.3) is 0 Å². The van der Waals surface area contributed by atoms with Crippen molar-refractivity contribution in [1.82, 2.24) is 37.2 Å². The fourth-order valence-corrected chi connectivity index (χ4v) is 6.30. The molecule has 302 valence electrons. The van der Waals surface area contributed by atoms with Crippen molar-refractivity contribution in [2.24, 2.45) is 0 Å². The first-order valence-electron chi connectivity index (χ1n) is 17.5. The first-order valence-corrected chi connectivity index (χ1v) is 20.4. The minimum atomic E-state index is -0.779. The molecule has 0 aliphatic rings. The normalized spacial score (nSPS) is 11.7. The van der Waals surface area contributed by atoms with Crippen LogP contribution in [-0.2, 0) is 55.9 Å². The van der Waals surface area contributed by atoms with E-state index in [9.17, 15) is 33.6 Å². The summed E-state index contributed by atoms with van der Waals surface area (Å²) in [6.45, 7) is 1.38. The number of thioether (sulfide) groups is 2. The van der Waals surface area contributed by atoms with Crippen molar-refractivity contribution in [3.8, 4) is 0 Å². The smallest absolute Gasteiger partial charge is 0.325 e. The summed E-state index contributed by atoms with van der Waals surface area (Å²) in [6.07, 6.45) is 1.61. The molecule has 2 aromatic carbocycles. The Balaban J connectivity index is 1.57. The number of nitrogens with one attached hydrogen (secondary N) is 6. The van der Waals surface area contributed by atoms with E-state index in [2.05, 4.69) is 45.0 Å². The molecule has 19 heteroatoms. The number of thiol groups is 1. The van der Waals surface area contributed by atoms with Gasteiger partial charge < -0.3 is 25.0 Å². The monoisotopic (exact) mass is 821 g/mol. The number of esters is 2. The van der Waals surface area contributed by atoms with Crippen LogP contribution in [0.3, 0.4) is 0 Å². The van der Waals surface area contributed by atoms with Gasteiger partial charge in [0, 0.05) is 39.0 Å². The zero-order chi connectivity index (χ0) is 40.3. The van der Waals surface area contributed by atoms with E-state index in [1.54, 1.807) is 4.90 Å². The number of hydrogen-bond donors (Lipinski definition) is 7. The van der Waals surface area contributed by atoms with Crippen LogP contribution in [0.2, 0.25) is 0 Å². The maximum Gasteiger partial charge on any atom is 0.325 e. The Morgan fingerprint density at radius 1 is 0.618 bits per heavy atom. The van der Waals surface area contributed by atoms with E-state index in [1.165, 1.54) is 14.2 Å². The van der Waals surface area contributed by atoms with Gasteiger partial charge in [-0.05, 0) is 24.0 Å². The Hall–Kier alpha value is -4.30. The van der Waals surface area contributed by atoms with Crippen LogP contribution in [0.25, 0.3) is 0 Å². The van der Waals surface area contributed by atoms with Gasteiger partial charge >= 0.3 is 11.9 Å². The number of amides is 5. The molecule has 0 radical (unpaired) electrons. The Kier molecular flexibility index (Phi) is 24.0. The van der Waals surface area contributed by atoms with Crippen molar-refractivity contribution in [2.45, 2.75) is 37.8 Å². The fourth-order valence-electron chi connectivity index (χ4n) is 4.81. The Morgan fingerprint density at radius 2 is 1.00 bits per heavy atom. The average molecular weight is 822 g/mol. The number of nitrogens with zero attached hydrogens (tertiary/aromatic N) is 1. The summed E-state index contributed by atoms with van der Waals surface area (Å²) in [5.74, 6) is -2.49. The zero-order valence-electron chi connectivity index (χ0n) is 31.0.